The average Bonchev–Trinajstić information content (AvgIpc) is 3.64. The number of nitrogens with one attached hydrogen (secondary N) is 1. The number of nitrogens with zero attached hydrogens (tertiary/aromatic N) is 4. The van der Waals surface area contributed by atoms with Crippen LogP contribution in [0.15, 0.2) is 64.2 Å². The zero-order chi connectivity index (χ0) is 32.7. The van der Waals surface area contributed by atoms with Gasteiger partial charge in [-0.05, 0) is 61.7 Å². The van der Waals surface area contributed by atoms with Crippen molar-refractivity contribution in [3.8, 4) is 0 Å². The Labute approximate surface area is 269 Å². The molecule has 1 amide bonds. The van der Waals surface area contributed by atoms with Gasteiger partial charge < -0.3 is 25.2 Å². The number of amides is 1. The monoisotopic (exact) mass is 651 g/mol. The standard InChI is InChI=1S/C33H35F2N5O5S/c1-4-45-31(43)26-25(37-28(29-36-10-12-46-29)38-27(26)23-8-6-21(34)13-19(23)3)17-39-11-9-33(35)20(15-39)16-40(32(33)44)22-7-5-18(2)24(14-22)30(41)42/h5-8,10,12-14,20,27,30,41-42H,4,9,11,15-17H2,1-3H3,(H,37,38)/t20-,27-,33+/m0/s1. The molecule has 3 atom stereocenters. The highest BCUT2D eigenvalue weighted by Gasteiger charge is 2.57. The summed E-state index contributed by atoms with van der Waals surface area (Å²) < 4.78 is 36.0. The van der Waals surface area contributed by atoms with Gasteiger partial charge in [-0.1, -0.05) is 12.1 Å². The lowest BCUT2D eigenvalue weighted by atomic mass is 9.84. The summed E-state index contributed by atoms with van der Waals surface area (Å²) in [7, 11) is 0. The number of anilines is 1. The highest BCUT2D eigenvalue weighted by Crippen LogP contribution is 2.43. The number of aliphatic imine (C=N–C) groups is 1. The first kappa shape index (κ1) is 31.9. The first-order valence-electron chi connectivity index (χ1n) is 15.1. The number of piperidine rings is 1. The van der Waals surface area contributed by atoms with E-state index in [-0.39, 0.29) is 50.3 Å². The minimum Gasteiger partial charge on any atom is -0.463 e. The Bertz CT molecular complexity index is 1730. The molecule has 2 aromatic carbocycles. The molecule has 0 spiro atoms. The van der Waals surface area contributed by atoms with Crippen LogP contribution in [0, 0.1) is 25.6 Å². The van der Waals surface area contributed by atoms with Crippen molar-refractivity contribution in [1.82, 2.24) is 15.2 Å². The van der Waals surface area contributed by atoms with Crippen LogP contribution in [0.25, 0.3) is 0 Å². The van der Waals surface area contributed by atoms with Crippen molar-refractivity contribution in [3.05, 3.63) is 92.3 Å². The van der Waals surface area contributed by atoms with E-state index in [1.807, 2.05) is 10.3 Å². The van der Waals surface area contributed by atoms with Crippen LogP contribution in [0.2, 0.25) is 0 Å². The fourth-order valence-corrected chi connectivity index (χ4v) is 7.13. The van der Waals surface area contributed by atoms with Gasteiger partial charge in [-0.25, -0.2) is 18.6 Å². The number of aromatic nitrogens is 1. The fourth-order valence-electron chi connectivity index (χ4n) is 6.54. The Balaban J connectivity index is 1.32. The number of likely N-dealkylation sites (tertiary alicyclic amines) is 1. The van der Waals surface area contributed by atoms with E-state index in [1.54, 1.807) is 45.2 Å². The van der Waals surface area contributed by atoms with E-state index in [1.165, 1.54) is 34.4 Å². The molecule has 3 aliphatic heterocycles. The molecule has 0 radical (unpaired) electrons. The Hall–Kier alpha value is -4.04. The third kappa shape index (κ3) is 5.83. The Kier molecular flexibility index (Phi) is 8.77. The molecule has 6 rings (SSSR count). The molecule has 0 bridgehead atoms. The molecule has 242 valence electrons. The van der Waals surface area contributed by atoms with Crippen molar-refractivity contribution >= 4 is 34.7 Å². The van der Waals surface area contributed by atoms with E-state index in [2.05, 4.69) is 10.3 Å². The number of thiazole rings is 1. The van der Waals surface area contributed by atoms with Gasteiger partial charge in [0.25, 0.3) is 5.91 Å². The van der Waals surface area contributed by atoms with Gasteiger partial charge in [0.1, 0.15) is 11.9 Å². The second-order valence-electron chi connectivity index (χ2n) is 11.8. The molecule has 3 N–H and O–H groups in total. The molecule has 1 aromatic heterocycles. The molecule has 13 heteroatoms. The minimum atomic E-state index is -2.08. The number of benzene rings is 2. The number of hydrogen-bond donors (Lipinski definition) is 3. The van der Waals surface area contributed by atoms with Gasteiger partial charge in [-0.2, -0.15) is 0 Å². The first-order chi connectivity index (χ1) is 22.0. The molecule has 10 nitrogen and oxygen atoms in total. The van der Waals surface area contributed by atoms with Crippen LogP contribution < -0.4 is 10.2 Å². The molecule has 2 fully saturated rings. The number of carbonyl (C=O) groups is 2. The van der Waals surface area contributed by atoms with Gasteiger partial charge in [0, 0.05) is 67.0 Å². The lowest BCUT2D eigenvalue weighted by Crippen LogP contribution is -2.52. The lowest BCUT2D eigenvalue weighted by molar-refractivity contribution is -0.139. The highest BCUT2D eigenvalue weighted by molar-refractivity contribution is 7.11. The number of aryl methyl sites for hydroxylation is 2. The number of ether oxygens (including phenoxy) is 1. The van der Waals surface area contributed by atoms with Crippen molar-refractivity contribution in [2.24, 2.45) is 10.9 Å². The van der Waals surface area contributed by atoms with E-state index in [9.17, 15) is 24.2 Å². The Morgan fingerprint density at radius 3 is 2.70 bits per heavy atom. The maximum atomic E-state index is 16.4. The van der Waals surface area contributed by atoms with Crippen molar-refractivity contribution in [1.29, 1.82) is 0 Å². The summed E-state index contributed by atoms with van der Waals surface area (Å²) in [5, 5.41) is 25.3. The summed E-state index contributed by atoms with van der Waals surface area (Å²) in [6.07, 6.45) is -0.122. The van der Waals surface area contributed by atoms with Crippen LogP contribution in [0.3, 0.4) is 0 Å². The summed E-state index contributed by atoms with van der Waals surface area (Å²) in [6, 6.07) is 8.40. The van der Waals surface area contributed by atoms with Crippen LogP contribution >= 0.6 is 11.3 Å². The SMILES string of the molecule is CCOC(=O)C1=C(CN2CC[C@]3(F)C(=O)N(c4ccc(C)c(C(O)O)c4)C[C@@H]3C2)NC(c2nccs2)=N[C@H]1c1ccc(F)cc1C. The number of esters is 1. The number of carbonyl (C=O) groups excluding carboxylic acids is 2. The summed E-state index contributed by atoms with van der Waals surface area (Å²) in [4.78, 5) is 39.6. The summed E-state index contributed by atoms with van der Waals surface area (Å²) in [5.74, 6) is -1.84. The van der Waals surface area contributed by atoms with Crippen LogP contribution in [0.4, 0.5) is 14.5 Å². The quantitative estimate of drug-likeness (QED) is 0.248. The van der Waals surface area contributed by atoms with Gasteiger partial charge in [0.15, 0.2) is 22.8 Å². The second-order valence-corrected chi connectivity index (χ2v) is 12.7. The normalized spacial score (nSPS) is 23.4. The van der Waals surface area contributed by atoms with Gasteiger partial charge in [-0.3, -0.25) is 14.7 Å². The van der Waals surface area contributed by atoms with Crippen molar-refractivity contribution < 1.29 is 33.3 Å². The molecule has 46 heavy (non-hydrogen) atoms. The van der Waals surface area contributed by atoms with Crippen LogP contribution in [0.1, 0.15) is 52.9 Å². The van der Waals surface area contributed by atoms with E-state index < -0.39 is 41.6 Å². The zero-order valence-electron chi connectivity index (χ0n) is 25.7. The number of halogens is 2. The number of hydrogen-bond acceptors (Lipinski definition) is 10. The zero-order valence-corrected chi connectivity index (χ0v) is 26.5. The largest absolute Gasteiger partial charge is 0.463 e. The molecule has 4 heterocycles. The predicted octanol–water partition coefficient (Wildman–Crippen LogP) is 3.87. The maximum absolute atomic E-state index is 16.4. The van der Waals surface area contributed by atoms with Crippen LogP contribution in [-0.4, -0.2) is 76.3 Å². The average molecular weight is 652 g/mol. The summed E-state index contributed by atoms with van der Waals surface area (Å²) in [6.45, 7) is 6.12. The second kappa shape index (κ2) is 12.6. The number of rotatable bonds is 8. The molecule has 2 saturated heterocycles. The van der Waals surface area contributed by atoms with Crippen LogP contribution in [0.5, 0.6) is 0 Å². The van der Waals surface area contributed by atoms with Gasteiger partial charge in [0.2, 0.25) is 0 Å². The van der Waals surface area contributed by atoms with Gasteiger partial charge in [0.05, 0.1) is 12.2 Å². The molecule has 0 saturated carbocycles. The summed E-state index contributed by atoms with van der Waals surface area (Å²) >= 11 is 1.37. The number of aliphatic hydroxyl groups excluding tert-OH is 1. The summed E-state index contributed by atoms with van der Waals surface area (Å²) in [5.41, 5.74) is 1.26. The third-order valence-electron chi connectivity index (χ3n) is 8.94. The van der Waals surface area contributed by atoms with Crippen molar-refractivity contribution in [2.45, 2.75) is 45.2 Å². The van der Waals surface area contributed by atoms with E-state index in [0.29, 0.717) is 38.9 Å². The smallest absolute Gasteiger partial charge is 0.338 e. The van der Waals surface area contributed by atoms with Gasteiger partial charge in [-0.15, -0.1) is 11.3 Å². The topological polar surface area (TPSA) is 128 Å². The molecular formula is C33H35F2N5O5S. The Morgan fingerprint density at radius 1 is 1.20 bits per heavy atom. The number of aliphatic hydroxyl groups is 2. The van der Waals surface area contributed by atoms with E-state index in [0.717, 1.165) is 0 Å². The fraction of sp³-hybridized carbons (Fsp3) is 0.394. The maximum Gasteiger partial charge on any atom is 0.338 e. The molecule has 0 unspecified atom stereocenters. The molecule has 3 aliphatic rings. The van der Waals surface area contributed by atoms with Crippen LogP contribution in [-0.2, 0) is 14.3 Å². The lowest BCUT2D eigenvalue weighted by Gasteiger charge is -2.38. The number of amidine groups is 1. The molecular weight excluding hydrogens is 616 g/mol. The molecule has 3 aromatic rings. The first-order valence-corrected chi connectivity index (χ1v) is 16.0. The van der Waals surface area contributed by atoms with Crippen molar-refractivity contribution in [3.63, 3.8) is 0 Å². The predicted molar refractivity (Wildman–Crippen MR) is 168 cm³/mol. The Morgan fingerprint density at radius 2 is 2.00 bits per heavy atom. The van der Waals surface area contributed by atoms with Crippen molar-refractivity contribution in [2.75, 3.05) is 37.7 Å². The van der Waals surface area contributed by atoms with Gasteiger partial charge >= 0.3 is 5.97 Å². The minimum absolute atomic E-state index is 0.0513. The number of alkyl halides is 1. The third-order valence-corrected chi connectivity index (χ3v) is 9.72. The van der Waals surface area contributed by atoms with E-state index >= 15 is 4.39 Å². The molecule has 0 aliphatic carbocycles. The van der Waals surface area contributed by atoms with E-state index in [4.69, 9.17) is 9.73 Å². The highest BCUT2D eigenvalue weighted by atomic mass is 32.1. The number of fused-ring (bicyclic) bond motifs is 1.